The average molecular weight is 401 g/mol. The maximum atomic E-state index is 13.1. The lowest BCUT2D eigenvalue weighted by Crippen LogP contribution is -2.27. The molecule has 1 N–H and O–H groups in total. The zero-order valence-electron chi connectivity index (χ0n) is 15.6. The van der Waals surface area contributed by atoms with Crippen LogP contribution in [0.25, 0.3) is 0 Å². The summed E-state index contributed by atoms with van der Waals surface area (Å²) in [7, 11) is 0. The highest BCUT2D eigenvalue weighted by molar-refractivity contribution is 6.06. The number of Topliss-reactive ketones (excluding diaryl/α,β-unsaturated/α-hetero) is 2. The molecule has 0 aliphatic carbocycles. The van der Waals surface area contributed by atoms with Crippen molar-refractivity contribution in [2.45, 2.75) is 32.0 Å². The van der Waals surface area contributed by atoms with Crippen molar-refractivity contribution in [1.82, 2.24) is 0 Å². The van der Waals surface area contributed by atoms with E-state index in [-0.39, 0.29) is 6.42 Å². The molecule has 0 bridgehead atoms. The number of nitrogens with one attached hydrogen (secondary N) is 1. The molecule has 0 saturated heterocycles. The Labute approximate surface area is 165 Å². The number of anilines is 1. The summed E-state index contributed by atoms with van der Waals surface area (Å²) in [5.41, 5.74) is 2.01. The average Bonchev–Trinajstić information content (AvgIpc) is 3.00. The van der Waals surface area contributed by atoms with Gasteiger partial charge in [-0.1, -0.05) is 30.8 Å². The van der Waals surface area contributed by atoms with E-state index in [1.807, 2.05) is 12.1 Å². The Morgan fingerprint density at radius 2 is 1.93 bits per heavy atom. The summed E-state index contributed by atoms with van der Waals surface area (Å²) >= 11 is 0. The number of benzene rings is 2. The molecule has 0 saturated carbocycles. The number of alkyl halides is 3. The molecule has 5 nitrogen and oxygen atoms in total. The molecule has 0 fully saturated rings. The highest BCUT2D eigenvalue weighted by Gasteiger charge is 2.33. The quantitative estimate of drug-likeness (QED) is 0.545. The molecule has 1 heterocycles. The Kier molecular flexibility index (Phi) is 5.63. The lowest BCUT2D eigenvalue weighted by Gasteiger charge is -2.10. The zero-order chi connectivity index (χ0) is 21.2. The number of fused-ring (bicyclic) bond motifs is 1. The van der Waals surface area contributed by atoms with E-state index in [9.17, 15) is 22.8 Å². The molecule has 2 aromatic carbocycles. The minimum absolute atomic E-state index is 0.0794. The highest BCUT2D eigenvalue weighted by Crippen LogP contribution is 2.36. The summed E-state index contributed by atoms with van der Waals surface area (Å²) in [5, 5.41) is 10.3. The van der Waals surface area contributed by atoms with Crippen LogP contribution < -0.4 is 5.32 Å². The highest BCUT2D eigenvalue weighted by atomic mass is 19.4. The van der Waals surface area contributed by atoms with Gasteiger partial charge in [-0.2, -0.15) is 23.4 Å². The van der Waals surface area contributed by atoms with Crippen molar-refractivity contribution >= 4 is 22.9 Å². The number of allylic oxidation sites excluding steroid dienone is 1. The summed E-state index contributed by atoms with van der Waals surface area (Å²) < 4.78 is 39.2. The van der Waals surface area contributed by atoms with Crippen LogP contribution in [0.15, 0.2) is 65.0 Å². The maximum Gasteiger partial charge on any atom is 0.418 e. The summed E-state index contributed by atoms with van der Waals surface area (Å²) in [6.07, 6.45) is -4.06. The molecule has 1 aliphatic rings. The van der Waals surface area contributed by atoms with Crippen molar-refractivity contribution < 1.29 is 22.8 Å². The normalized spacial score (nSPS) is 14.6. The minimum Gasteiger partial charge on any atom is -0.359 e. The number of hydrogen-bond donors (Lipinski definition) is 1. The lowest BCUT2D eigenvalue weighted by atomic mass is 9.99. The van der Waals surface area contributed by atoms with E-state index in [0.29, 0.717) is 12.0 Å². The number of azo groups is 1. The molecule has 0 amide bonds. The number of halogens is 3. The van der Waals surface area contributed by atoms with E-state index in [1.165, 1.54) is 12.1 Å². The van der Waals surface area contributed by atoms with Crippen LogP contribution in [0.4, 0.5) is 24.5 Å². The second-order valence-corrected chi connectivity index (χ2v) is 6.78. The van der Waals surface area contributed by atoms with E-state index in [0.717, 1.165) is 36.0 Å². The maximum absolute atomic E-state index is 13.1. The van der Waals surface area contributed by atoms with Crippen LogP contribution in [-0.2, 0) is 28.6 Å². The predicted molar refractivity (Wildman–Crippen MR) is 102 cm³/mol. The molecule has 1 atom stereocenters. The van der Waals surface area contributed by atoms with Crippen molar-refractivity contribution in [1.29, 1.82) is 0 Å². The largest absolute Gasteiger partial charge is 0.418 e. The Morgan fingerprint density at radius 3 is 2.62 bits per heavy atom. The Hall–Kier alpha value is -3.29. The molecule has 8 heteroatoms. The second kappa shape index (κ2) is 7.98. The van der Waals surface area contributed by atoms with E-state index in [1.54, 1.807) is 6.07 Å². The second-order valence-electron chi connectivity index (χ2n) is 6.78. The molecule has 3 rings (SSSR count). The molecule has 2 aromatic rings. The van der Waals surface area contributed by atoms with E-state index < -0.39 is 35.0 Å². The first-order valence-corrected chi connectivity index (χ1v) is 8.82. The molecule has 1 aliphatic heterocycles. The van der Waals surface area contributed by atoms with Gasteiger partial charge in [0.2, 0.25) is 0 Å². The fourth-order valence-electron chi connectivity index (χ4n) is 3.08. The number of rotatable bonds is 6. The Bertz CT molecular complexity index is 1010. The fraction of sp³-hybridized carbons (Fsp3) is 0.238. The number of ketones is 2. The van der Waals surface area contributed by atoms with E-state index >= 15 is 0 Å². The molecule has 150 valence electrons. The van der Waals surface area contributed by atoms with Gasteiger partial charge in [0.1, 0.15) is 0 Å². The van der Waals surface area contributed by atoms with Crippen LogP contribution in [-0.4, -0.2) is 17.6 Å². The van der Waals surface area contributed by atoms with Crippen LogP contribution >= 0.6 is 0 Å². The monoisotopic (exact) mass is 401 g/mol. The van der Waals surface area contributed by atoms with Gasteiger partial charge in [0.25, 0.3) is 0 Å². The van der Waals surface area contributed by atoms with E-state index in [2.05, 4.69) is 22.1 Å². The predicted octanol–water partition coefficient (Wildman–Crippen LogP) is 5.04. The van der Waals surface area contributed by atoms with Crippen molar-refractivity contribution in [3.63, 3.8) is 0 Å². The standard InChI is InChI=1S/C21H18F3N3O2/c1-12-9-15-10-14(7-8-17(15)25-12)11-19(29)20(13(2)28)27-26-18-6-4-3-5-16(18)21(22,23)24/h3-8,10,20,25H,1,9,11H2,2H3. The SMILES string of the molecule is C=C1Cc2cc(CC(=O)C(N=Nc3ccccc3C(F)(F)F)C(C)=O)ccc2N1. The Morgan fingerprint density at radius 1 is 1.21 bits per heavy atom. The van der Waals surface area contributed by atoms with Crippen LogP contribution in [0.3, 0.4) is 0 Å². The smallest absolute Gasteiger partial charge is 0.359 e. The van der Waals surface area contributed by atoms with Gasteiger partial charge in [-0.3, -0.25) is 9.59 Å². The van der Waals surface area contributed by atoms with Crippen LogP contribution in [0.5, 0.6) is 0 Å². The molecular formula is C21H18F3N3O2. The van der Waals surface area contributed by atoms with Gasteiger partial charge in [0, 0.05) is 24.2 Å². The van der Waals surface area contributed by atoms with Crippen molar-refractivity contribution in [2.75, 3.05) is 5.32 Å². The first-order chi connectivity index (χ1) is 13.6. The first-order valence-electron chi connectivity index (χ1n) is 8.82. The summed E-state index contributed by atoms with van der Waals surface area (Å²) in [6.45, 7) is 5.02. The Balaban J connectivity index is 1.80. The third kappa shape index (κ3) is 4.77. The number of carbonyl (C=O) groups is 2. The molecule has 0 aromatic heterocycles. The molecule has 29 heavy (non-hydrogen) atoms. The van der Waals surface area contributed by atoms with Gasteiger partial charge in [0.15, 0.2) is 17.6 Å². The van der Waals surface area contributed by atoms with Crippen LogP contribution in [0.1, 0.15) is 23.6 Å². The van der Waals surface area contributed by atoms with Gasteiger partial charge in [-0.05, 0) is 36.2 Å². The fourth-order valence-corrected chi connectivity index (χ4v) is 3.08. The number of hydrogen-bond acceptors (Lipinski definition) is 5. The first kappa shape index (κ1) is 20.4. The van der Waals surface area contributed by atoms with Crippen molar-refractivity contribution in [2.24, 2.45) is 10.2 Å². The summed E-state index contributed by atoms with van der Waals surface area (Å²) in [5.74, 6) is -1.12. The van der Waals surface area contributed by atoms with Crippen LogP contribution in [0, 0.1) is 0 Å². The molecule has 0 spiro atoms. The minimum atomic E-state index is -4.62. The third-order valence-corrected chi connectivity index (χ3v) is 4.44. The van der Waals surface area contributed by atoms with Crippen LogP contribution in [0.2, 0.25) is 0 Å². The molecule has 1 unspecified atom stereocenters. The van der Waals surface area contributed by atoms with Gasteiger partial charge >= 0.3 is 6.18 Å². The van der Waals surface area contributed by atoms with Crippen molar-refractivity contribution in [3.8, 4) is 0 Å². The summed E-state index contributed by atoms with van der Waals surface area (Å²) in [4.78, 5) is 24.5. The zero-order valence-corrected chi connectivity index (χ0v) is 15.6. The van der Waals surface area contributed by atoms with Gasteiger partial charge in [0.05, 0.1) is 11.3 Å². The van der Waals surface area contributed by atoms with Crippen molar-refractivity contribution in [3.05, 3.63) is 71.4 Å². The molecule has 0 radical (unpaired) electrons. The topological polar surface area (TPSA) is 70.9 Å². The van der Waals surface area contributed by atoms with Gasteiger partial charge in [-0.25, -0.2) is 0 Å². The van der Waals surface area contributed by atoms with E-state index in [4.69, 9.17) is 0 Å². The van der Waals surface area contributed by atoms with Gasteiger partial charge < -0.3 is 5.32 Å². The van der Waals surface area contributed by atoms with Gasteiger partial charge in [-0.15, -0.1) is 0 Å². The molecular weight excluding hydrogens is 383 g/mol. The number of carbonyl (C=O) groups excluding carboxylic acids is 2. The third-order valence-electron chi connectivity index (χ3n) is 4.44. The summed E-state index contributed by atoms with van der Waals surface area (Å²) in [6, 6.07) is 8.55. The number of nitrogens with zero attached hydrogens (tertiary/aromatic N) is 2. The lowest BCUT2D eigenvalue weighted by molar-refractivity contribution is -0.137.